The van der Waals surface area contributed by atoms with Gasteiger partial charge in [0, 0.05) is 6.42 Å². The summed E-state index contributed by atoms with van der Waals surface area (Å²) in [4.78, 5) is 0. The lowest BCUT2D eigenvalue weighted by molar-refractivity contribution is 0.200. The van der Waals surface area contributed by atoms with Gasteiger partial charge in [-0.3, -0.25) is 0 Å². The molecule has 1 heteroatoms. The van der Waals surface area contributed by atoms with E-state index in [2.05, 4.69) is 13.0 Å². The predicted molar refractivity (Wildman–Crippen MR) is 47.4 cm³/mol. The highest BCUT2D eigenvalue weighted by atomic mass is 16.5. The Kier molecular flexibility index (Phi) is 4.10. The summed E-state index contributed by atoms with van der Waals surface area (Å²) in [6.07, 6.45) is 9.72. The lowest BCUT2D eigenvalue weighted by Crippen LogP contribution is -1.92. The molecular weight excluding hydrogens is 136 g/mol. The van der Waals surface area contributed by atoms with Gasteiger partial charge in [0.25, 0.3) is 0 Å². The molecule has 0 aromatic rings. The quantitative estimate of drug-likeness (QED) is 0.552. The smallest absolute Gasteiger partial charge is 0.0920 e. The van der Waals surface area contributed by atoms with E-state index in [0.29, 0.717) is 0 Å². The van der Waals surface area contributed by atoms with Crippen molar-refractivity contribution < 1.29 is 4.74 Å². The zero-order valence-electron chi connectivity index (χ0n) is 7.44. The molecule has 1 nitrogen and oxygen atoms in total. The van der Waals surface area contributed by atoms with Gasteiger partial charge in [-0.05, 0) is 25.3 Å². The standard InChI is InChI=1S/C10H18O/c1-2-3-6-9-11-10-7-4-5-8-10/h7H,2-6,8-9H2,1H3. The second kappa shape index (κ2) is 5.22. The fourth-order valence-corrected chi connectivity index (χ4v) is 1.33. The molecule has 1 aliphatic rings. The number of allylic oxidation sites excluding steroid dienone is 2. The van der Waals surface area contributed by atoms with Crippen molar-refractivity contribution in [2.75, 3.05) is 6.61 Å². The molecule has 0 unspecified atom stereocenters. The van der Waals surface area contributed by atoms with Gasteiger partial charge in [-0.1, -0.05) is 19.8 Å². The zero-order valence-corrected chi connectivity index (χ0v) is 7.44. The van der Waals surface area contributed by atoms with Crippen LogP contribution in [0, 0.1) is 0 Å². The molecule has 0 bridgehead atoms. The van der Waals surface area contributed by atoms with E-state index < -0.39 is 0 Å². The molecule has 0 amide bonds. The Morgan fingerprint density at radius 2 is 2.36 bits per heavy atom. The van der Waals surface area contributed by atoms with Crippen LogP contribution in [-0.4, -0.2) is 6.61 Å². The van der Waals surface area contributed by atoms with Crippen molar-refractivity contribution in [1.29, 1.82) is 0 Å². The van der Waals surface area contributed by atoms with Crippen molar-refractivity contribution in [2.24, 2.45) is 0 Å². The maximum atomic E-state index is 5.57. The summed E-state index contributed by atoms with van der Waals surface area (Å²) in [6, 6.07) is 0. The molecule has 0 spiro atoms. The van der Waals surface area contributed by atoms with E-state index in [1.54, 1.807) is 0 Å². The number of hydrogen-bond donors (Lipinski definition) is 0. The van der Waals surface area contributed by atoms with Crippen LogP contribution in [-0.2, 0) is 4.74 Å². The van der Waals surface area contributed by atoms with E-state index in [1.165, 1.54) is 44.3 Å². The van der Waals surface area contributed by atoms with Gasteiger partial charge in [-0.2, -0.15) is 0 Å². The average Bonchev–Trinajstić information content (AvgIpc) is 2.50. The van der Waals surface area contributed by atoms with Crippen molar-refractivity contribution in [3.63, 3.8) is 0 Å². The zero-order chi connectivity index (χ0) is 7.94. The maximum Gasteiger partial charge on any atom is 0.0920 e. The molecule has 0 heterocycles. The van der Waals surface area contributed by atoms with E-state index in [4.69, 9.17) is 4.74 Å². The van der Waals surface area contributed by atoms with Gasteiger partial charge in [-0.15, -0.1) is 0 Å². The summed E-state index contributed by atoms with van der Waals surface area (Å²) in [6.45, 7) is 3.15. The topological polar surface area (TPSA) is 9.23 Å². The Morgan fingerprint density at radius 1 is 1.45 bits per heavy atom. The van der Waals surface area contributed by atoms with Crippen molar-refractivity contribution in [1.82, 2.24) is 0 Å². The van der Waals surface area contributed by atoms with Crippen LogP contribution in [0.4, 0.5) is 0 Å². The molecule has 0 aromatic heterocycles. The lowest BCUT2D eigenvalue weighted by atomic mass is 10.3. The summed E-state index contributed by atoms with van der Waals surface area (Å²) in [5, 5.41) is 0. The van der Waals surface area contributed by atoms with Crippen LogP contribution < -0.4 is 0 Å². The van der Waals surface area contributed by atoms with E-state index in [-0.39, 0.29) is 0 Å². The van der Waals surface area contributed by atoms with Gasteiger partial charge in [0.05, 0.1) is 12.4 Å². The molecular formula is C10H18O. The van der Waals surface area contributed by atoms with Crippen LogP contribution >= 0.6 is 0 Å². The van der Waals surface area contributed by atoms with Gasteiger partial charge >= 0.3 is 0 Å². The van der Waals surface area contributed by atoms with Crippen LogP contribution in [0.25, 0.3) is 0 Å². The maximum absolute atomic E-state index is 5.57. The fourth-order valence-electron chi connectivity index (χ4n) is 1.33. The minimum absolute atomic E-state index is 0.930. The predicted octanol–water partition coefficient (Wildman–Crippen LogP) is 3.26. The lowest BCUT2D eigenvalue weighted by Gasteiger charge is -2.04. The Morgan fingerprint density at radius 3 is 3.00 bits per heavy atom. The average molecular weight is 154 g/mol. The van der Waals surface area contributed by atoms with Crippen LogP contribution in [0.2, 0.25) is 0 Å². The number of rotatable bonds is 5. The van der Waals surface area contributed by atoms with Gasteiger partial charge in [-0.25, -0.2) is 0 Å². The first-order chi connectivity index (χ1) is 5.43. The molecule has 0 N–H and O–H groups in total. The van der Waals surface area contributed by atoms with Crippen LogP contribution in [0.5, 0.6) is 0 Å². The second-order valence-corrected chi connectivity index (χ2v) is 3.12. The molecule has 0 aliphatic heterocycles. The molecule has 0 radical (unpaired) electrons. The van der Waals surface area contributed by atoms with Gasteiger partial charge < -0.3 is 4.74 Å². The Bertz CT molecular complexity index is 127. The normalized spacial score (nSPS) is 16.6. The van der Waals surface area contributed by atoms with Crippen LogP contribution in [0.3, 0.4) is 0 Å². The third kappa shape index (κ3) is 3.45. The molecule has 11 heavy (non-hydrogen) atoms. The molecule has 0 fully saturated rings. The van der Waals surface area contributed by atoms with Gasteiger partial charge in [0.1, 0.15) is 0 Å². The van der Waals surface area contributed by atoms with Gasteiger partial charge in [0.15, 0.2) is 0 Å². The summed E-state index contributed by atoms with van der Waals surface area (Å²) in [5.41, 5.74) is 0. The number of unbranched alkanes of at least 4 members (excludes halogenated alkanes) is 2. The first-order valence-electron chi connectivity index (χ1n) is 4.75. The summed E-state index contributed by atoms with van der Waals surface area (Å²) in [5.74, 6) is 1.24. The third-order valence-electron chi connectivity index (χ3n) is 2.03. The Hall–Kier alpha value is -0.460. The van der Waals surface area contributed by atoms with Crippen molar-refractivity contribution in [2.45, 2.75) is 45.4 Å². The van der Waals surface area contributed by atoms with Crippen molar-refractivity contribution in [3.05, 3.63) is 11.8 Å². The summed E-state index contributed by atoms with van der Waals surface area (Å²) >= 11 is 0. The minimum Gasteiger partial charge on any atom is -0.498 e. The monoisotopic (exact) mass is 154 g/mol. The Labute approximate surface area is 69.4 Å². The van der Waals surface area contributed by atoms with Gasteiger partial charge in [0.2, 0.25) is 0 Å². The molecule has 64 valence electrons. The first-order valence-corrected chi connectivity index (χ1v) is 4.75. The third-order valence-corrected chi connectivity index (χ3v) is 2.03. The SMILES string of the molecule is CCCCCOC1=CCCC1. The van der Waals surface area contributed by atoms with Crippen molar-refractivity contribution in [3.8, 4) is 0 Å². The van der Waals surface area contributed by atoms with Crippen LogP contribution in [0.15, 0.2) is 11.8 Å². The molecule has 1 aliphatic carbocycles. The number of hydrogen-bond acceptors (Lipinski definition) is 1. The van der Waals surface area contributed by atoms with E-state index >= 15 is 0 Å². The molecule has 0 saturated heterocycles. The molecule has 0 aromatic carbocycles. The second-order valence-electron chi connectivity index (χ2n) is 3.12. The highest BCUT2D eigenvalue weighted by Gasteiger charge is 2.03. The van der Waals surface area contributed by atoms with E-state index in [9.17, 15) is 0 Å². The summed E-state index contributed by atoms with van der Waals surface area (Å²) in [7, 11) is 0. The molecule has 0 atom stereocenters. The number of ether oxygens (including phenoxy) is 1. The highest BCUT2D eigenvalue weighted by Crippen LogP contribution is 2.18. The first kappa shape index (κ1) is 8.63. The highest BCUT2D eigenvalue weighted by molar-refractivity contribution is 4.99. The fraction of sp³-hybridized carbons (Fsp3) is 0.800. The Balaban J connectivity index is 1.94. The largest absolute Gasteiger partial charge is 0.498 e. The van der Waals surface area contributed by atoms with E-state index in [1.807, 2.05) is 0 Å². The molecule has 0 saturated carbocycles. The van der Waals surface area contributed by atoms with Crippen LogP contribution in [0.1, 0.15) is 45.4 Å². The minimum atomic E-state index is 0.930. The molecule has 1 rings (SSSR count). The van der Waals surface area contributed by atoms with E-state index in [0.717, 1.165) is 6.61 Å². The summed E-state index contributed by atoms with van der Waals surface area (Å²) < 4.78 is 5.57. The van der Waals surface area contributed by atoms with Crippen molar-refractivity contribution >= 4 is 0 Å².